The molecule has 0 radical (unpaired) electrons. The van der Waals surface area contributed by atoms with Gasteiger partial charge in [-0.05, 0) is 44.4 Å². The van der Waals surface area contributed by atoms with E-state index in [9.17, 15) is 18.8 Å². The van der Waals surface area contributed by atoms with Crippen LogP contribution in [-0.4, -0.2) is 65.8 Å². The maximum Gasteiger partial charge on any atom is 0.311 e. The van der Waals surface area contributed by atoms with E-state index in [0.29, 0.717) is 37.4 Å². The second-order valence-corrected chi connectivity index (χ2v) is 7.21. The number of carbonyl (C=O) groups excluding carboxylic acids is 3. The minimum atomic E-state index is -0.543. The number of anilines is 1. The Labute approximate surface area is 157 Å². The third-order valence-corrected chi connectivity index (χ3v) is 5.07. The Kier molecular flexibility index (Phi) is 5.74. The van der Waals surface area contributed by atoms with Crippen molar-refractivity contribution in [2.24, 2.45) is 0 Å². The summed E-state index contributed by atoms with van der Waals surface area (Å²) in [5, 5.41) is 5.42. The first-order valence-corrected chi connectivity index (χ1v) is 9.26. The zero-order chi connectivity index (χ0) is 19.6. The van der Waals surface area contributed by atoms with E-state index in [1.165, 1.54) is 11.0 Å². The molecule has 1 aliphatic carbocycles. The SMILES string of the molecule is Cc1ccc(NC(=O)C(C)N2CCN(C(=O)C(=O)NC3CC3)CC2)cc1F. The number of amides is 3. The molecule has 7 nitrogen and oxygen atoms in total. The molecule has 1 aliphatic heterocycles. The van der Waals surface area contributed by atoms with E-state index in [1.54, 1.807) is 26.0 Å². The quantitative estimate of drug-likeness (QED) is 0.765. The van der Waals surface area contributed by atoms with Crippen molar-refractivity contribution < 1.29 is 18.8 Å². The molecule has 2 N–H and O–H groups in total. The highest BCUT2D eigenvalue weighted by atomic mass is 19.1. The number of halogens is 1. The van der Waals surface area contributed by atoms with Gasteiger partial charge in [0, 0.05) is 37.9 Å². The predicted molar refractivity (Wildman–Crippen MR) is 98.5 cm³/mol. The fourth-order valence-electron chi connectivity index (χ4n) is 3.01. The van der Waals surface area contributed by atoms with Crippen molar-refractivity contribution >= 4 is 23.4 Å². The summed E-state index contributed by atoms with van der Waals surface area (Å²) in [6, 6.07) is 4.31. The minimum Gasteiger partial charge on any atom is -0.345 e. The van der Waals surface area contributed by atoms with Gasteiger partial charge in [0.15, 0.2) is 0 Å². The van der Waals surface area contributed by atoms with Gasteiger partial charge in [0.2, 0.25) is 5.91 Å². The van der Waals surface area contributed by atoms with E-state index in [4.69, 9.17) is 0 Å². The van der Waals surface area contributed by atoms with Crippen LogP contribution >= 0.6 is 0 Å². The summed E-state index contributed by atoms with van der Waals surface area (Å²) in [5.74, 6) is -1.64. The number of rotatable bonds is 4. The van der Waals surface area contributed by atoms with Gasteiger partial charge in [-0.2, -0.15) is 0 Å². The van der Waals surface area contributed by atoms with Crippen LogP contribution in [0.5, 0.6) is 0 Å². The third kappa shape index (κ3) is 4.82. The zero-order valence-corrected chi connectivity index (χ0v) is 15.6. The standard InChI is InChI=1S/C19H25FN4O3/c1-12-3-4-15(11-16(12)20)22-17(25)13(2)23-7-9-24(10-8-23)19(27)18(26)21-14-5-6-14/h3-4,11,13-14H,5-10H2,1-2H3,(H,21,26)(H,22,25). The summed E-state index contributed by atoms with van der Waals surface area (Å²) in [6.07, 6.45) is 1.87. The number of carbonyl (C=O) groups is 3. The highest BCUT2D eigenvalue weighted by molar-refractivity contribution is 6.35. The number of hydrogen-bond donors (Lipinski definition) is 2. The van der Waals surface area contributed by atoms with Crippen LogP contribution in [0.2, 0.25) is 0 Å². The van der Waals surface area contributed by atoms with Gasteiger partial charge in [-0.3, -0.25) is 19.3 Å². The molecule has 0 aromatic heterocycles. The van der Waals surface area contributed by atoms with Crippen LogP contribution in [0, 0.1) is 12.7 Å². The van der Waals surface area contributed by atoms with Crippen molar-refractivity contribution in [2.45, 2.75) is 38.8 Å². The fourth-order valence-corrected chi connectivity index (χ4v) is 3.01. The van der Waals surface area contributed by atoms with Gasteiger partial charge in [0.05, 0.1) is 6.04 Å². The molecular weight excluding hydrogens is 351 g/mol. The van der Waals surface area contributed by atoms with Gasteiger partial charge in [0.1, 0.15) is 5.82 Å². The third-order valence-electron chi connectivity index (χ3n) is 5.07. The molecule has 1 saturated heterocycles. The molecule has 1 aromatic carbocycles. The van der Waals surface area contributed by atoms with Gasteiger partial charge in [-0.15, -0.1) is 0 Å². The normalized spacial score (nSPS) is 18.7. The molecule has 8 heteroatoms. The number of piperazine rings is 1. The molecule has 2 fully saturated rings. The summed E-state index contributed by atoms with van der Waals surface area (Å²) in [6.45, 7) is 5.23. The van der Waals surface area contributed by atoms with Gasteiger partial charge < -0.3 is 15.5 Å². The summed E-state index contributed by atoms with van der Waals surface area (Å²) in [5.41, 5.74) is 0.938. The molecule has 1 aromatic rings. The van der Waals surface area contributed by atoms with Crippen LogP contribution in [0.15, 0.2) is 18.2 Å². The van der Waals surface area contributed by atoms with Gasteiger partial charge in [-0.25, -0.2) is 4.39 Å². The number of aryl methyl sites for hydroxylation is 1. The van der Waals surface area contributed by atoms with Crippen molar-refractivity contribution in [1.29, 1.82) is 0 Å². The van der Waals surface area contributed by atoms with Crippen LogP contribution in [-0.2, 0) is 14.4 Å². The molecule has 1 atom stereocenters. The lowest BCUT2D eigenvalue weighted by Gasteiger charge is -2.37. The first kappa shape index (κ1) is 19.3. The minimum absolute atomic E-state index is 0.151. The summed E-state index contributed by atoms with van der Waals surface area (Å²) in [4.78, 5) is 39.9. The Balaban J connectivity index is 1.49. The number of nitrogens with one attached hydrogen (secondary N) is 2. The van der Waals surface area contributed by atoms with Crippen LogP contribution in [0.4, 0.5) is 10.1 Å². The van der Waals surface area contributed by atoms with Gasteiger partial charge in [0.25, 0.3) is 0 Å². The van der Waals surface area contributed by atoms with Gasteiger partial charge in [-0.1, -0.05) is 6.07 Å². The van der Waals surface area contributed by atoms with Crippen molar-refractivity contribution in [3.8, 4) is 0 Å². The Morgan fingerprint density at radius 1 is 1.15 bits per heavy atom. The average Bonchev–Trinajstić information content (AvgIpc) is 3.47. The molecule has 1 saturated carbocycles. The monoisotopic (exact) mass is 376 g/mol. The summed E-state index contributed by atoms with van der Waals surface area (Å²) >= 11 is 0. The lowest BCUT2D eigenvalue weighted by molar-refractivity contribution is -0.147. The number of hydrogen-bond acceptors (Lipinski definition) is 4. The molecule has 0 spiro atoms. The first-order valence-electron chi connectivity index (χ1n) is 9.26. The lowest BCUT2D eigenvalue weighted by Crippen LogP contribution is -2.56. The summed E-state index contributed by atoms with van der Waals surface area (Å²) in [7, 11) is 0. The van der Waals surface area contributed by atoms with E-state index in [2.05, 4.69) is 10.6 Å². The predicted octanol–water partition coefficient (Wildman–Crippen LogP) is 0.884. The maximum absolute atomic E-state index is 13.6. The van der Waals surface area contributed by atoms with Crippen LogP contribution < -0.4 is 10.6 Å². The van der Waals surface area contributed by atoms with E-state index < -0.39 is 17.9 Å². The topological polar surface area (TPSA) is 81.8 Å². The van der Waals surface area contributed by atoms with E-state index in [0.717, 1.165) is 12.8 Å². The highest BCUT2D eigenvalue weighted by Crippen LogP contribution is 2.19. The second-order valence-electron chi connectivity index (χ2n) is 7.21. The van der Waals surface area contributed by atoms with Crippen molar-refractivity contribution in [2.75, 3.05) is 31.5 Å². The van der Waals surface area contributed by atoms with Crippen LogP contribution in [0.1, 0.15) is 25.3 Å². The molecule has 27 heavy (non-hydrogen) atoms. The first-order chi connectivity index (χ1) is 12.8. The maximum atomic E-state index is 13.6. The summed E-state index contributed by atoms with van der Waals surface area (Å²) < 4.78 is 13.6. The Hall–Kier alpha value is -2.48. The zero-order valence-electron chi connectivity index (χ0n) is 15.6. The second kappa shape index (κ2) is 8.04. The van der Waals surface area contributed by atoms with Crippen molar-refractivity contribution in [1.82, 2.24) is 15.1 Å². The Morgan fingerprint density at radius 3 is 2.41 bits per heavy atom. The van der Waals surface area contributed by atoms with Gasteiger partial charge >= 0.3 is 11.8 Å². The lowest BCUT2D eigenvalue weighted by atomic mass is 10.2. The molecule has 1 unspecified atom stereocenters. The fraction of sp³-hybridized carbons (Fsp3) is 0.526. The largest absolute Gasteiger partial charge is 0.345 e. The highest BCUT2D eigenvalue weighted by Gasteiger charge is 2.32. The molecule has 0 bridgehead atoms. The number of benzene rings is 1. The Morgan fingerprint density at radius 2 is 1.81 bits per heavy atom. The molecule has 3 amide bonds. The number of nitrogens with zero attached hydrogens (tertiary/aromatic N) is 2. The molecule has 146 valence electrons. The average molecular weight is 376 g/mol. The van der Waals surface area contributed by atoms with Crippen molar-refractivity contribution in [3.05, 3.63) is 29.6 Å². The molecular formula is C19H25FN4O3. The molecule has 2 aliphatic rings. The molecule has 1 heterocycles. The van der Waals surface area contributed by atoms with E-state index in [-0.39, 0.29) is 17.8 Å². The molecule has 3 rings (SSSR count). The van der Waals surface area contributed by atoms with E-state index in [1.807, 2.05) is 4.90 Å². The van der Waals surface area contributed by atoms with Crippen LogP contribution in [0.25, 0.3) is 0 Å². The van der Waals surface area contributed by atoms with Crippen molar-refractivity contribution in [3.63, 3.8) is 0 Å². The Bertz CT molecular complexity index is 742. The van der Waals surface area contributed by atoms with E-state index >= 15 is 0 Å². The van der Waals surface area contributed by atoms with Crippen LogP contribution in [0.3, 0.4) is 0 Å². The smallest absolute Gasteiger partial charge is 0.311 e.